The Hall–Kier alpha value is -3.81. The second kappa shape index (κ2) is 10.4. The van der Waals surface area contributed by atoms with Crippen molar-refractivity contribution < 1.29 is 14.3 Å². The van der Waals surface area contributed by atoms with E-state index in [1.807, 2.05) is 12.1 Å². The van der Waals surface area contributed by atoms with Crippen molar-refractivity contribution in [1.82, 2.24) is 0 Å². The largest absolute Gasteiger partial charge is 0.493 e. The molecule has 1 fully saturated rings. The first-order chi connectivity index (χ1) is 16.5. The molecule has 0 spiro atoms. The third kappa shape index (κ3) is 5.06. The molecule has 34 heavy (non-hydrogen) atoms. The minimum Gasteiger partial charge on any atom is -0.493 e. The summed E-state index contributed by atoms with van der Waals surface area (Å²) in [7, 11) is 3.09. The number of nitrogens with one attached hydrogen (secondary N) is 3. The zero-order valence-electron chi connectivity index (χ0n) is 19.4. The number of methoxy groups -OCH3 is 2. The number of hydrogen-bond donors (Lipinski definition) is 3. The predicted molar refractivity (Wildman–Crippen MR) is 133 cm³/mol. The van der Waals surface area contributed by atoms with Gasteiger partial charge in [-0.25, -0.2) is 0 Å². The van der Waals surface area contributed by atoms with E-state index in [9.17, 15) is 14.4 Å². The Bertz CT molecular complexity index is 1220. The summed E-state index contributed by atoms with van der Waals surface area (Å²) in [4.78, 5) is 36.7. The molecule has 8 heteroatoms. The van der Waals surface area contributed by atoms with Crippen LogP contribution >= 0.6 is 0 Å². The molecule has 0 aromatic heterocycles. The van der Waals surface area contributed by atoms with Gasteiger partial charge in [0.25, 0.3) is 16.8 Å². The number of hydrogen-bond acceptors (Lipinski definition) is 7. The highest BCUT2D eigenvalue weighted by Gasteiger charge is 2.24. The number of anilines is 3. The molecule has 4 rings (SSSR count). The van der Waals surface area contributed by atoms with Crippen LogP contribution in [-0.2, 0) is 6.54 Å². The number of carbonyl (C=O) groups excluding carboxylic acids is 1. The van der Waals surface area contributed by atoms with Gasteiger partial charge in [0, 0.05) is 29.9 Å². The van der Waals surface area contributed by atoms with Gasteiger partial charge in [0.05, 0.1) is 14.2 Å². The van der Waals surface area contributed by atoms with Gasteiger partial charge in [0.1, 0.15) is 11.4 Å². The van der Waals surface area contributed by atoms with Gasteiger partial charge in [-0.2, -0.15) is 0 Å². The van der Waals surface area contributed by atoms with Crippen molar-refractivity contribution in [2.75, 3.05) is 30.2 Å². The molecule has 0 atom stereocenters. The van der Waals surface area contributed by atoms with Gasteiger partial charge in [-0.1, -0.05) is 31.4 Å². The van der Waals surface area contributed by atoms with Crippen LogP contribution in [0.1, 0.15) is 48.0 Å². The lowest BCUT2D eigenvalue weighted by molar-refractivity contribution is 0.102. The minimum absolute atomic E-state index is 0.251. The van der Waals surface area contributed by atoms with Gasteiger partial charge < -0.3 is 25.4 Å². The quantitative estimate of drug-likeness (QED) is 0.413. The van der Waals surface area contributed by atoms with Crippen LogP contribution < -0.4 is 36.3 Å². The lowest BCUT2D eigenvalue weighted by atomic mass is 9.95. The first-order valence-electron chi connectivity index (χ1n) is 11.5. The highest BCUT2D eigenvalue weighted by Crippen LogP contribution is 2.30. The van der Waals surface area contributed by atoms with Gasteiger partial charge in [-0.15, -0.1) is 0 Å². The van der Waals surface area contributed by atoms with Crippen molar-refractivity contribution in [1.29, 1.82) is 0 Å². The average Bonchev–Trinajstić information content (AvgIpc) is 2.88. The normalized spacial score (nSPS) is 13.9. The van der Waals surface area contributed by atoms with E-state index in [1.54, 1.807) is 37.4 Å². The number of ether oxygens (including phenoxy) is 2. The lowest BCUT2D eigenvalue weighted by Gasteiger charge is -2.25. The van der Waals surface area contributed by atoms with Gasteiger partial charge in [0.15, 0.2) is 11.5 Å². The summed E-state index contributed by atoms with van der Waals surface area (Å²) in [6.07, 6.45) is 5.54. The standard InChI is InChI=1S/C26H29N3O5/c1-33-20-13-12-19(14-21(20)34-2)29-26(32)17-10-8-16(9-11-17)15-27-22-23(25(31)24(22)30)28-18-6-4-3-5-7-18/h8-14,18,27-28H,3-7,15H2,1-2H3,(H,29,32). The van der Waals surface area contributed by atoms with Crippen LogP contribution in [-0.4, -0.2) is 26.2 Å². The number of rotatable bonds is 9. The Labute approximate surface area is 198 Å². The average molecular weight is 464 g/mol. The Morgan fingerprint density at radius 2 is 1.56 bits per heavy atom. The minimum atomic E-state index is -0.482. The number of benzene rings is 2. The molecule has 1 saturated carbocycles. The first kappa shape index (κ1) is 23.4. The maximum absolute atomic E-state index is 12.6. The molecule has 1 amide bonds. The van der Waals surface area contributed by atoms with Gasteiger partial charge >= 0.3 is 0 Å². The van der Waals surface area contributed by atoms with E-state index in [0.717, 1.165) is 31.2 Å². The summed E-state index contributed by atoms with van der Waals surface area (Å²) in [5.41, 5.74) is 1.80. The topological polar surface area (TPSA) is 106 Å². The predicted octanol–water partition coefficient (Wildman–Crippen LogP) is 3.91. The molecular weight excluding hydrogens is 434 g/mol. The van der Waals surface area contributed by atoms with Crippen LogP contribution in [0.2, 0.25) is 0 Å². The molecule has 3 aromatic rings. The molecule has 1 aliphatic carbocycles. The molecular formula is C26H29N3O5. The molecule has 1 aliphatic rings. The van der Waals surface area contributed by atoms with Gasteiger partial charge in [0.2, 0.25) is 0 Å². The van der Waals surface area contributed by atoms with Crippen LogP contribution in [0.25, 0.3) is 0 Å². The van der Waals surface area contributed by atoms with E-state index >= 15 is 0 Å². The molecule has 3 aromatic carbocycles. The lowest BCUT2D eigenvalue weighted by Crippen LogP contribution is -2.40. The van der Waals surface area contributed by atoms with Crippen LogP contribution in [0.3, 0.4) is 0 Å². The van der Waals surface area contributed by atoms with Crippen molar-refractivity contribution in [2.45, 2.75) is 44.7 Å². The van der Waals surface area contributed by atoms with E-state index in [1.165, 1.54) is 13.5 Å². The molecule has 178 valence electrons. The maximum Gasteiger partial charge on any atom is 0.255 e. The highest BCUT2D eigenvalue weighted by atomic mass is 16.5. The van der Waals surface area contributed by atoms with Crippen LogP contribution in [0.4, 0.5) is 17.1 Å². The monoisotopic (exact) mass is 463 g/mol. The molecule has 0 saturated heterocycles. The van der Waals surface area contributed by atoms with E-state index in [-0.39, 0.29) is 11.9 Å². The summed E-state index contributed by atoms with van der Waals surface area (Å²) in [6, 6.07) is 12.5. The Morgan fingerprint density at radius 1 is 0.882 bits per heavy atom. The summed E-state index contributed by atoms with van der Waals surface area (Å²) < 4.78 is 10.5. The zero-order valence-corrected chi connectivity index (χ0v) is 19.4. The molecule has 8 nitrogen and oxygen atoms in total. The fourth-order valence-corrected chi connectivity index (χ4v) is 4.23. The van der Waals surface area contributed by atoms with E-state index in [2.05, 4.69) is 16.0 Å². The summed E-state index contributed by atoms with van der Waals surface area (Å²) >= 11 is 0. The molecule has 3 N–H and O–H groups in total. The number of carbonyl (C=O) groups is 1. The Kier molecular flexibility index (Phi) is 7.15. The maximum atomic E-state index is 12.6. The summed E-state index contributed by atoms with van der Waals surface area (Å²) in [5, 5.41) is 9.19. The highest BCUT2D eigenvalue weighted by molar-refractivity contribution is 6.04. The molecule has 0 unspecified atom stereocenters. The van der Waals surface area contributed by atoms with Crippen molar-refractivity contribution in [3.8, 4) is 11.5 Å². The Morgan fingerprint density at radius 3 is 2.24 bits per heavy atom. The fraction of sp³-hybridized carbons (Fsp3) is 0.346. The van der Waals surface area contributed by atoms with Crippen molar-refractivity contribution in [3.63, 3.8) is 0 Å². The number of amides is 1. The molecule has 0 radical (unpaired) electrons. The first-order valence-corrected chi connectivity index (χ1v) is 11.5. The van der Waals surface area contributed by atoms with Gasteiger partial charge in [-0.05, 0) is 42.7 Å². The van der Waals surface area contributed by atoms with Crippen molar-refractivity contribution >= 4 is 23.0 Å². The van der Waals surface area contributed by atoms with Crippen molar-refractivity contribution in [3.05, 3.63) is 74.0 Å². The third-order valence-electron chi connectivity index (χ3n) is 6.19. The zero-order chi connectivity index (χ0) is 24.1. The fourth-order valence-electron chi connectivity index (χ4n) is 4.23. The van der Waals surface area contributed by atoms with Crippen molar-refractivity contribution in [2.24, 2.45) is 0 Å². The Balaban J connectivity index is 1.35. The SMILES string of the molecule is COc1ccc(NC(=O)c2ccc(CNc3c(NC4CCCCC4)c(=O)c3=O)cc2)cc1OC. The van der Waals surface area contributed by atoms with Crippen LogP contribution in [0.5, 0.6) is 11.5 Å². The van der Waals surface area contributed by atoms with E-state index in [4.69, 9.17) is 9.47 Å². The molecule has 0 heterocycles. The van der Waals surface area contributed by atoms with E-state index in [0.29, 0.717) is 40.7 Å². The second-order valence-corrected chi connectivity index (χ2v) is 8.46. The van der Waals surface area contributed by atoms with Crippen LogP contribution in [0.15, 0.2) is 52.1 Å². The second-order valence-electron chi connectivity index (χ2n) is 8.46. The molecule has 0 aliphatic heterocycles. The smallest absolute Gasteiger partial charge is 0.255 e. The summed E-state index contributed by atoms with van der Waals surface area (Å²) in [5.74, 6) is 0.849. The summed E-state index contributed by atoms with van der Waals surface area (Å²) in [6.45, 7) is 0.377. The molecule has 0 bridgehead atoms. The van der Waals surface area contributed by atoms with Crippen LogP contribution in [0, 0.1) is 0 Å². The van der Waals surface area contributed by atoms with E-state index < -0.39 is 10.9 Å². The third-order valence-corrected chi connectivity index (χ3v) is 6.19. The van der Waals surface area contributed by atoms with Gasteiger partial charge in [-0.3, -0.25) is 14.4 Å².